The lowest BCUT2D eigenvalue weighted by molar-refractivity contribution is 0.103. The summed E-state index contributed by atoms with van der Waals surface area (Å²) in [5.41, 5.74) is -0.136. The molecule has 0 amide bonds. The maximum absolute atomic E-state index is 12.1. The topological polar surface area (TPSA) is 87.0 Å². The highest BCUT2D eigenvalue weighted by Crippen LogP contribution is 2.38. The molecule has 0 aliphatic rings. The first-order valence-corrected chi connectivity index (χ1v) is 5.13. The van der Waals surface area contributed by atoms with E-state index in [0.29, 0.717) is 5.56 Å². The number of benzene rings is 2. The van der Waals surface area contributed by atoms with E-state index in [4.69, 9.17) is 0 Å². The molecule has 2 aromatic carbocycles. The highest BCUT2D eigenvalue weighted by atomic mass is 16.3. The lowest BCUT2D eigenvalue weighted by Gasteiger charge is -2.06. The Bertz CT molecular complexity index is 608. The predicted octanol–water partition coefficient (Wildman–Crippen LogP) is 2.73. The first-order chi connectivity index (χ1) is 8.65. The van der Waals surface area contributed by atoms with Gasteiger partial charge in [-0.3, -0.25) is 4.79 Å². The summed E-state index contributed by atoms with van der Waals surface area (Å²) in [6, 6.07) is 10.7. The number of ketones is 1. The smallest absolute Gasteiger partial charge is 0.195 e. The van der Waals surface area contributed by atoms with E-state index in [9.17, 15) is 19.9 Å². The van der Waals surface area contributed by atoms with Crippen LogP contribution in [0.4, 0.5) is 5.69 Å². The molecule has 0 spiro atoms. The second-order valence-electron chi connectivity index (χ2n) is 3.62. The summed E-state index contributed by atoms with van der Waals surface area (Å²) in [7, 11) is 0. The van der Waals surface area contributed by atoms with Crippen LogP contribution in [0.5, 0.6) is 11.5 Å². The third-order valence-electron chi connectivity index (χ3n) is 2.50. The number of carbonyl (C=O) groups is 1. The van der Waals surface area contributed by atoms with E-state index in [0.717, 1.165) is 6.07 Å². The molecule has 0 atom stereocenters. The fourth-order valence-corrected chi connectivity index (χ4v) is 1.59. The van der Waals surface area contributed by atoms with Crippen molar-refractivity contribution in [1.82, 2.24) is 0 Å². The monoisotopic (exact) mass is 243 g/mol. The van der Waals surface area contributed by atoms with Crippen molar-refractivity contribution in [3.8, 4) is 11.5 Å². The van der Waals surface area contributed by atoms with Gasteiger partial charge in [0.1, 0.15) is 0 Å². The molecule has 0 bridgehead atoms. The Morgan fingerprint density at radius 1 is 1.00 bits per heavy atom. The largest absolute Gasteiger partial charge is 0.504 e. The number of phenolic OH excluding ortho intramolecular Hbond substituents is 2. The minimum atomic E-state index is -0.688. The Morgan fingerprint density at radius 2 is 1.67 bits per heavy atom. The summed E-state index contributed by atoms with van der Waals surface area (Å²) in [6.07, 6.45) is 0. The molecule has 0 radical (unpaired) electrons. The molecule has 0 aliphatic carbocycles. The molecule has 2 rings (SSSR count). The minimum Gasteiger partial charge on any atom is -0.504 e. The molecular formula is C13H9NO4. The summed E-state index contributed by atoms with van der Waals surface area (Å²) in [4.78, 5) is 22.8. The first kappa shape index (κ1) is 11.8. The summed E-state index contributed by atoms with van der Waals surface area (Å²) in [5, 5.41) is 21.3. The predicted molar refractivity (Wildman–Crippen MR) is 65.1 cm³/mol. The van der Waals surface area contributed by atoms with Crippen LogP contribution in [0.2, 0.25) is 0 Å². The fourth-order valence-electron chi connectivity index (χ4n) is 1.59. The van der Waals surface area contributed by atoms with Gasteiger partial charge >= 0.3 is 0 Å². The van der Waals surface area contributed by atoms with Crippen molar-refractivity contribution in [2.24, 2.45) is 5.18 Å². The Morgan fingerprint density at radius 3 is 2.28 bits per heavy atom. The van der Waals surface area contributed by atoms with Gasteiger partial charge in [-0.1, -0.05) is 30.3 Å². The summed E-state index contributed by atoms with van der Waals surface area (Å²) in [6.45, 7) is 0. The zero-order valence-corrected chi connectivity index (χ0v) is 9.20. The second kappa shape index (κ2) is 4.67. The maximum atomic E-state index is 12.1. The number of nitroso groups, excluding NO2 is 1. The zero-order valence-electron chi connectivity index (χ0n) is 9.20. The van der Waals surface area contributed by atoms with Crippen molar-refractivity contribution in [2.45, 2.75) is 0 Å². The summed E-state index contributed by atoms with van der Waals surface area (Å²) >= 11 is 0. The fraction of sp³-hybridized carbons (Fsp3) is 0. The average Bonchev–Trinajstić information content (AvgIpc) is 2.42. The third kappa shape index (κ3) is 1.93. The molecule has 0 unspecified atom stereocenters. The van der Waals surface area contributed by atoms with E-state index >= 15 is 0 Å². The van der Waals surface area contributed by atoms with Crippen molar-refractivity contribution >= 4 is 11.5 Å². The molecule has 0 saturated carbocycles. The standard InChI is InChI=1S/C13H9NO4/c15-10-7-6-9(11(14-18)13(10)17)12(16)8-4-2-1-3-5-8/h1-7,15,17H. The van der Waals surface area contributed by atoms with E-state index in [1.807, 2.05) is 0 Å². The van der Waals surface area contributed by atoms with Gasteiger partial charge in [-0.2, -0.15) is 0 Å². The lowest BCUT2D eigenvalue weighted by atomic mass is 10.0. The van der Waals surface area contributed by atoms with Crippen LogP contribution < -0.4 is 0 Å². The number of nitrogens with zero attached hydrogens (tertiary/aromatic N) is 1. The zero-order chi connectivity index (χ0) is 13.1. The van der Waals surface area contributed by atoms with Crippen LogP contribution in [0.15, 0.2) is 47.6 Å². The van der Waals surface area contributed by atoms with E-state index in [2.05, 4.69) is 5.18 Å². The summed E-state index contributed by atoms with van der Waals surface area (Å²) < 4.78 is 0. The van der Waals surface area contributed by atoms with Gasteiger partial charge < -0.3 is 10.2 Å². The Kier molecular flexibility index (Phi) is 3.05. The normalized spacial score (nSPS) is 10.0. The van der Waals surface area contributed by atoms with Gasteiger partial charge in [-0.05, 0) is 17.3 Å². The lowest BCUT2D eigenvalue weighted by Crippen LogP contribution is -2.01. The van der Waals surface area contributed by atoms with Crippen molar-refractivity contribution in [2.75, 3.05) is 0 Å². The van der Waals surface area contributed by atoms with Crippen LogP contribution in [0.3, 0.4) is 0 Å². The number of hydrogen-bond acceptors (Lipinski definition) is 5. The number of phenols is 2. The van der Waals surface area contributed by atoms with Crippen LogP contribution in [-0.2, 0) is 0 Å². The molecule has 2 N–H and O–H groups in total. The SMILES string of the molecule is O=Nc1c(C(=O)c2ccccc2)ccc(O)c1O. The number of carbonyl (C=O) groups excluding carboxylic acids is 1. The number of aromatic hydroxyl groups is 2. The molecule has 5 heteroatoms. The number of rotatable bonds is 3. The molecule has 0 aliphatic heterocycles. The first-order valence-electron chi connectivity index (χ1n) is 5.13. The van der Waals surface area contributed by atoms with E-state index in [-0.39, 0.29) is 5.56 Å². The van der Waals surface area contributed by atoms with Gasteiger partial charge in [0.15, 0.2) is 23.0 Å². The van der Waals surface area contributed by atoms with E-state index < -0.39 is 23.0 Å². The van der Waals surface area contributed by atoms with Gasteiger partial charge in [0, 0.05) is 5.56 Å². The Hall–Kier alpha value is -2.69. The molecule has 0 fully saturated rings. The molecule has 5 nitrogen and oxygen atoms in total. The molecular weight excluding hydrogens is 234 g/mol. The molecule has 18 heavy (non-hydrogen) atoms. The van der Waals surface area contributed by atoms with Crippen LogP contribution in [0, 0.1) is 4.91 Å². The van der Waals surface area contributed by atoms with E-state index in [1.165, 1.54) is 6.07 Å². The van der Waals surface area contributed by atoms with Crippen molar-refractivity contribution < 1.29 is 15.0 Å². The van der Waals surface area contributed by atoms with Gasteiger partial charge in [0.2, 0.25) is 0 Å². The van der Waals surface area contributed by atoms with Gasteiger partial charge in [0.25, 0.3) is 0 Å². The van der Waals surface area contributed by atoms with Crippen LogP contribution in [0.1, 0.15) is 15.9 Å². The van der Waals surface area contributed by atoms with Gasteiger partial charge in [-0.15, -0.1) is 4.91 Å². The van der Waals surface area contributed by atoms with Crippen LogP contribution >= 0.6 is 0 Å². The van der Waals surface area contributed by atoms with E-state index in [1.54, 1.807) is 30.3 Å². The highest BCUT2D eigenvalue weighted by molar-refractivity contribution is 6.12. The van der Waals surface area contributed by atoms with Crippen molar-refractivity contribution in [3.05, 3.63) is 58.5 Å². The molecule has 0 saturated heterocycles. The average molecular weight is 243 g/mol. The minimum absolute atomic E-state index is 0.0495. The maximum Gasteiger partial charge on any atom is 0.195 e. The molecule has 0 heterocycles. The quantitative estimate of drug-likeness (QED) is 0.493. The molecule has 2 aromatic rings. The third-order valence-corrected chi connectivity index (χ3v) is 2.50. The summed E-state index contributed by atoms with van der Waals surface area (Å²) in [5.74, 6) is -1.62. The Balaban J connectivity index is 2.56. The van der Waals surface area contributed by atoms with Crippen molar-refractivity contribution in [1.29, 1.82) is 0 Å². The van der Waals surface area contributed by atoms with Gasteiger partial charge in [0.05, 0.1) is 5.56 Å². The van der Waals surface area contributed by atoms with Crippen LogP contribution in [-0.4, -0.2) is 16.0 Å². The molecule has 0 aromatic heterocycles. The highest BCUT2D eigenvalue weighted by Gasteiger charge is 2.19. The number of hydrogen-bond donors (Lipinski definition) is 2. The second-order valence-corrected chi connectivity index (χ2v) is 3.62. The van der Waals surface area contributed by atoms with Crippen molar-refractivity contribution in [3.63, 3.8) is 0 Å². The Labute approximate surface area is 102 Å². The molecule has 90 valence electrons. The van der Waals surface area contributed by atoms with Crippen LogP contribution in [0.25, 0.3) is 0 Å². The van der Waals surface area contributed by atoms with Gasteiger partial charge in [-0.25, -0.2) is 0 Å².